The van der Waals surface area contributed by atoms with Crippen molar-refractivity contribution in [2.45, 2.75) is 31.6 Å². The fourth-order valence-corrected chi connectivity index (χ4v) is 0.799. The largest absolute Gasteiger partial charge is 0.393 e. The highest BCUT2D eigenvalue weighted by Gasteiger charge is 1.98. The molecule has 0 saturated heterocycles. The van der Waals surface area contributed by atoms with Gasteiger partial charge in [0.25, 0.3) is 0 Å². The molecule has 0 aromatic carbocycles. The summed E-state index contributed by atoms with van der Waals surface area (Å²) in [5.41, 5.74) is 0. The predicted octanol–water partition coefficient (Wildman–Crippen LogP) is 1.08. The molecule has 0 saturated carbocycles. The van der Waals surface area contributed by atoms with Crippen LogP contribution in [0, 0.1) is 0 Å². The third kappa shape index (κ3) is 6.31. The highest BCUT2D eigenvalue weighted by molar-refractivity contribution is 7.80. The number of aliphatic hydroxyl groups is 1. The van der Waals surface area contributed by atoms with Crippen LogP contribution in [0.1, 0.15) is 20.3 Å². The molecule has 44 valence electrons. The van der Waals surface area contributed by atoms with E-state index in [9.17, 15) is 0 Å². The van der Waals surface area contributed by atoms with Crippen LogP contribution in [-0.4, -0.2) is 16.5 Å². The average Bonchev–Trinajstić information content (AvgIpc) is 1.27. The highest BCUT2D eigenvalue weighted by atomic mass is 32.1. The molecule has 0 rings (SSSR count). The minimum absolute atomic E-state index is 0.201. The van der Waals surface area contributed by atoms with E-state index in [-0.39, 0.29) is 6.10 Å². The molecule has 0 heterocycles. The molecule has 2 heteroatoms. The molecule has 0 radical (unpaired) electrons. The SMILES string of the molecule is C[C@@H](O)C[C@@H](C)S. The lowest BCUT2D eigenvalue weighted by molar-refractivity contribution is 0.185. The molecular formula is C5H12OS. The lowest BCUT2D eigenvalue weighted by Crippen LogP contribution is -2.05. The first-order valence-corrected chi connectivity index (χ1v) is 3.00. The monoisotopic (exact) mass is 120 g/mol. The molecule has 0 unspecified atom stereocenters. The molecule has 1 nitrogen and oxygen atoms in total. The summed E-state index contributed by atoms with van der Waals surface area (Å²) >= 11 is 4.08. The lowest BCUT2D eigenvalue weighted by Gasteiger charge is -2.04. The van der Waals surface area contributed by atoms with Crippen molar-refractivity contribution in [1.29, 1.82) is 0 Å². The van der Waals surface area contributed by atoms with Gasteiger partial charge < -0.3 is 5.11 Å². The van der Waals surface area contributed by atoms with Gasteiger partial charge >= 0.3 is 0 Å². The topological polar surface area (TPSA) is 20.2 Å². The molecule has 0 aliphatic rings. The first-order valence-electron chi connectivity index (χ1n) is 2.49. The van der Waals surface area contributed by atoms with Crippen molar-refractivity contribution in [2.24, 2.45) is 0 Å². The Balaban J connectivity index is 2.95. The van der Waals surface area contributed by atoms with Gasteiger partial charge in [-0.3, -0.25) is 0 Å². The highest BCUT2D eigenvalue weighted by Crippen LogP contribution is 2.01. The average molecular weight is 120 g/mol. The molecule has 2 atom stereocenters. The fraction of sp³-hybridized carbons (Fsp3) is 1.00. The maximum absolute atomic E-state index is 8.67. The summed E-state index contributed by atoms with van der Waals surface area (Å²) in [4.78, 5) is 0. The van der Waals surface area contributed by atoms with Crippen LogP contribution in [0.25, 0.3) is 0 Å². The molecule has 0 bridgehead atoms. The molecular weight excluding hydrogens is 108 g/mol. The van der Waals surface area contributed by atoms with E-state index < -0.39 is 0 Å². The summed E-state index contributed by atoms with van der Waals surface area (Å²) < 4.78 is 0. The van der Waals surface area contributed by atoms with Gasteiger partial charge in [0.05, 0.1) is 6.10 Å². The molecule has 0 spiro atoms. The summed E-state index contributed by atoms with van der Waals surface area (Å²) in [5, 5.41) is 8.99. The van der Waals surface area contributed by atoms with Crippen molar-refractivity contribution in [3.8, 4) is 0 Å². The van der Waals surface area contributed by atoms with Crippen molar-refractivity contribution >= 4 is 12.6 Å². The molecule has 0 fully saturated rings. The first-order chi connectivity index (χ1) is 3.13. The Morgan fingerprint density at radius 3 is 2.00 bits per heavy atom. The Morgan fingerprint density at radius 1 is 1.57 bits per heavy atom. The summed E-state index contributed by atoms with van der Waals surface area (Å²) in [6.45, 7) is 3.74. The number of hydrogen-bond acceptors (Lipinski definition) is 2. The van der Waals surface area contributed by atoms with Crippen molar-refractivity contribution in [2.75, 3.05) is 0 Å². The maximum atomic E-state index is 8.67. The summed E-state index contributed by atoms with van der Waals surface area (Å²) in [6, 6.07) is 0. The zero-order valence-corrected chi connectivity index (χ0v) is 5.65. The van der Waals surface area contributed by atoms with Crippen molar-refractivity contribution in [3.63, 3.8) is 0 Å². The number of rotatable bonds is 2. The molecule has 0 aromatic rings. The van der Waals surface area contributed by atoms with E-state index in [1.54, 1.807) is 6.92 Å². The van der Waals surface area contributed by atoms with E-state index in [4.69, 9.17) is 5.11 Å². The van der Waals surface area contributed by atoms with Gasteiger partial charge in [-0.15, -0.1) is 0 Å². The van der Waals surface area contributed by atoms with Gasteiger partial charge in [0.1, 0.15) is 0 Å². The van der Waals surface area contributed by atoms with E-state index in [0.717, 1.165) is 6.42 Å². The van der Waals surface area contributed by atoms with Crippen molar-refractivity contribution < 1.29 is 5.11 Å². The quantitative estimate of drug-likeness (QED) is 0.522. The molecule has 0 aliphatic heterocycles. The molecule has 0 aromatic heterocycles. The lowest BCUT2D eigenvalue weighted by atomic mass is 10.2. The van der Waals surface area contributed by atoms with Gasteiger partial charge in [0.2, 0.25) is 0 Å². The third-order valence-corrected chi connectivity index (χ3v) is 0.893. The van der Waals surface area contributed by atoms with E-state index in [0.29, 0.717) is 5.25 Å². The Morgan fingerprint density at radius 2 is 2.00 bits per heavy atom. The maximum Gasteiger partial charge on any atom is 0.0522 e. The summed E-state index contributed by atoms with van der Waals surface area (Å²) in [7, 11) is 0. The fourth-order valence-electron chi connectivity index (χ4n) is 0.494. The van der Waals surface area contributed by atoms with Gasteiger partial charge in [-0.2, -0.15) is 12.6 Å². The van der Waals surface area contributed by atoms with Crippen LogP contribution in [0.4, 0.5) is 0 Å². The summed E-state index contributed by atoms with van der Waals surface area (Å²) in [6.07, 6.45) is 0.579. The van der Waals surface area contributed by atoms with E-state index in [2.05, 4.69) is 12.6 Å². The number of aliphatic hydroxyl groups excluding tert-OH is 1. The van der Waals surface area contributed by atoms with Crippen LogP contribution >= 0.6 is 12.6 Å². The second-order valence-electron chi connectivity index (χ2n) is 1.93. The Bertz CT molecular complexity index is 37.3. The molecule has 0 amide bonds. The smallest absolute Gasteiger partial charge is 0.0522 e. The van der Waals surface area contributed by atoms with Crippen molar-refractivity contribution in [1.82, 2.24) is 0 Å². The zero-order valence-electron chi connectivity index (χ0n) is 4.76. The Hall–Kier alpha value is 0.310. The van der Waals surface area contributed by atoms with Crippen molar-refractivity contribution in [3.05, 3.63) is 0 Å². The van der Waals surface area contributed by atoms with E-state index in [1.807, 2.05) is 6.92 Å². The predicted molar refractivity (Wildman–Crippen MR) is 34.7 cm³/mol. The minimum Gasteiger partial charge on any atom is -0.393 e. The van der Waals surface area contributed by atoms with Gasteiger partial charge in [-0.05, 0) is 13.3 Å². The molecule has 0 aliphatic carbocycles. The van der Waals surface area contributed by atoms with Gasteiger partial charge in [0, 0.05) is 5.25 Å². The standard InChI is InChI=1S/C5H12OS/c1-4(6)3-5(2)7/h4-7H,3H2,1-2H3/t4-,5-/m1/s1. The Kier molecular flexibility index (Phi) is 3.48. The van der Waals surface area contributed by atoms with E-state index >= 15 is 0 Å². The number of thiol groups is 1. The Labute approximate surface area is 50.1 Å². The molecule has 1 N–H and O–H groups in total. The van der Waals surface area contributed by atoms with Crippen LogP contribution in [0.5, 0.6) is 0 Å². The van der Waals surface area contributed by atoms with Gasteiger partial charge in [0.15, 0.2) is 0 Å². The van der Waals surface area contributed by atoms with Gasteiger partial charge in [-0.25, -0.2) is 0 Å². The first kappa shape index (κ1) is 7.31. The van der Waals surface area contributed by atoms with Crippen LogP contribution in [-0.2, 0) is 0 Å². The van der Waals surface area contributed by atoms with Crippen LogP contribution < -0.4 is 0 Å². The molecule has 7 heavy (non-hydrogen) atoms. The third-order valence-electron chi connectivity index (χ3n) is 0.682. The van der Waals surface area contributed by atoms with Crippen LogP contribution in [0.3, 0.4) is 0 Å². The number of hydrogen-bond donors (Lipinski definition) is 2. The second kappa shape index (κ2) is 3.33. The normalized spacial score (nSPS) is 18.9. The zero-order chi connectivity index (χ0) is 5.86. The van der Waals surface area contributed by atoms with Gasteiger partial charge in [-0.1, -0.05) is 6.92 Å². The van der Waals surface area contributed by atoms with Crippen LogP contribution in [0.15, 0.2) is 0 Å². The second-order valence-corrected chi connectivity index (χ2v) is 2.82. The van der Waals surface area contributed by atoms with E-state index in [1.165, 1.54) is 0 Å². The summed E-state index contributed by atoms with van der Waals surface area (Å²) in [5.74, 6) is 0. The van der Waals surface area contributed by atoms with Crippen LogP contribution in [0.2, 0.25) is 0 Å². The minimum atomic E-state index is -0.201.